The molecule has 1 aliphatic heterocycles. The molecule has 1 heterocycles. The minimum absolute atomic E-state index is 0.00254. The Morgan fingerprint density at radius 1 is 1.10 bits per heavy atom. The average Bonchev–Trinajstić information content (AvgIpc) is 2.74. The Balaban J connectivity index is 1.53. The van der Waals surface area contributed by atoms with Gasteiger partial charge in [0.2, 0.25) is 5.91 Å². The number of piperidine rings is 1. The third kappa shape index (κ3) is 5.34. The van der Waals surface area contributed by atoms with E-state index in [-0.39, 0.29) is 17.7 Å². The van der Waals surface area contributed by atoms with Crippen LogP contribution in [0.2, 0.25) is 0 Å². The van der Waals surface area contributed by atoms with Crippen LogP contribution in [0.25, 0.3) is 0 Å². The predicted octanol–water partition coefficient (Wildman–Crippen LogP) is 2.95. The molecule has 3 rings (SSSR count). The highest BCUT2D eigenvalue weighted by Gasteiger charge is 2.28. The van der Waals surface area contributed by atoms with Crippen molar-refractivity contribution >= 4 is 23.5 Å². The first-order valence-corrected chi connectivity index (χ1v) is 9.54. The number of hydrogen-bond acceptors (Lipinski definition) is 4. The lowest BCUT2D eigenvalue weighted by molar-refractivity contribution is -0.139. The third-order valence-corrected chi connectivity index (χ3v) is 4.99. The highest BCUT2D eigenvalue weighted by Crippen LogP contribution is 2.25. The minimum Gasteiger partial charge on any atom is -0.482 e. The fraction of sp³-hybridized carbons (Fsp3) is 0.318. The molecule has 0 spiro atoms. The molecule has 1 aliphatic rings. The monoisotopic (exact) mass is 396 g/mol. The molecule has 2 N–H and O–H groups in total. The first kappa shape index (κ1) is 20.4. The zero-order valence-electron chi connectivity index (χ0n) is 16.3. The number of nitrogens with one attached hydrogen (secondary N) is 1. The van der Waals surface area contributed by atoms with Gasteiger partial charge < -0.3 is 20.1 Å². The number of rotatable bonds is 6. The van der Waals surface area contributed by atoms with Gasteiger partial charge in [-0.25, -0.2) is 4.79 Å². The van der Waals surface area contributed by atoms with Crippen LogP contribution in [0.3, 0.4) is 0 Å². The first-order chi connectivity index (χ1) is 13.9. The van der Waals surface area contributed by atoms with E-state index in [1.165, 1.54) is 0 Å². The summed E-state index contributed by atoms with van der Waals surface area (Å²) in [6.45, 7) is 2.51. The zero-order chi connectivity index (χ0) is 20.8. The molecule has 0 bridgehead atoms. The summed E-state index contributed by atoms with van der Waals surface area (Å²) in [5.41, 5.74) is 2.12. The van der Waals surface area contributed by atoms with Crippen LogP contribution in [0, 0.1) is 12.8 Å². The van der Waals surface area contributed by atoms with E-state index in [0.29, 0.717) is 42.9 Å². The van der Waals surface area contributed by atoms with Crippen LogP contribution in [0.15, 0.2) is 48.5 Å². The lowest BCUT2D eigenvalue weighted by Gasteiger charge is -2.31. The summed E-state index contributed by atoms with van der Waals surface area (Å²) < 4.78 is 5.15. The fourth-order valence-electron chi connectivity index (χ4n) is 3.35. The van der Waals surface area contributed by atoms with Crippen LogP contribution in [0.5, 0.6) is 5.75 Å². The van der Waals surface area contributed by atoms with Crippen LogP contribution >= 0.6 is 0 Å². The summed E-state index contributed by atoms with van der Waals surface area (Å²) in [5, 5.41) is 11.6. The number of amides is 2. The summed E-state index contributed by atoms with van der Waals surface area (Å²) in [6.07, 6.45) is 1.23. The fourth-order valence-corrected chi connectivity index (χ4v) is 3.35. The van der Waals surface area contributed by atoms with E-state index in [4.69, 9.17) is 9.84 Å². The predicted molar refractivity (Wildman–Crippen MR) is 108 cm³/mol. The number of hydrogen-bond donors (Lipinski definition) is 2. The second-order valence-corrected chi connectivity index (χ2v) is 7.08. The van der Waals surface area contributed by atoms with Crippen molar-refractivity contribution < 1.29 is 24.2 Å². The maximum absolute atomic E-state index is 12.6. The normalized spacial score (nSPS) is 14.3. The number of benzene rings is 2. The number of carbonyl (C=O) groups is 3. The molecule has 1 fully saturated rings. The number of nitrogens with zero attached hydrogens (tertiary/aromatic N) is 1. The molecule has 0 atom stereocenters. The van der Waals surface area contributed by atoms with Gasteiger partial charge in [0.05, 0.1) is 0 Å². The molecule has 152 valence electrons. The van der Waals surface area contributed by atoms with Crippen molar-refractivity contribution in [1.82, 2.24) is 4.90 Å². The molecular formula is C22H24N2O5. The Morgan fingerprint density at radius 2 is 1.79 bits per heavy atom. The molecule has 29 heavy (non-hydrogen) atoms. The van der Waals surface area contributed by atoms with Gasteiger partial charge in [-0.05, 0) is 55.7 Å². The average molecular weight is 396 g/mol. The van der Waals surface area contributed by atoms with Crippen LogP contribution in [0.4, 0.5) is 5.69 Å². The molecule has 0 unspecified atom stereocenters. The van der Waals surface area contributed by atoms with Gasteiger partial charge in [0, 0.05) is 30.3 Å². The summed E-state index contributed by atoms with van der Waals surface area (Å²) in [6, 6.07) is 14.2. The van der Waals surface area contributed by atoms with E-state index in [1.807, 2.05) is 25.1 Å². The van der Waals surface area contributed by atoms with Crippen molar-refractivity contribution in [3.8, 4) is 5.75 Å². The van der Waals surface area contributed by atoms with Crippen LogP contribution in [0.1, 0.15) is 28.8 Å². The van der Waals surface area contributed by atoms with E-state index in [2.05, 4.69) is 5.32 Å². The van der Waals surface area contributed by atoms with Crippen LogP contribution < -0.4 is 10.1 Å². The van der Waals surface area contributed by atoms with Gasteiger partial charge in [-0.3, -0.25) is 9.59 Å². The van der Waals surface area contributed by atoms with E-state index >= 15 is 0 Å². The minimum atomic E-state index is -1.04. The number of aliphatic carboxylic acids is 1. The van der Waals surface area contributed by atoms with Crippen molar-refractivity contribution in [2.24, 2.45) is 5.92 Å². The van der Waals surface area contributed by atoms with E-state index in [0.717, 1.165) is 5.56 Å². The number of ether oxygens (including phenoxy) is 1. The summed E-state index contributed by atoms with van der Waals surface area (Å²) in [7, 11) is 0. The number of carboxylic acids is 1. The number of carboxylic acid groups (broad SMARTS) is 1. The molecule has 2 aromatic rings. The molecule has 0 radical (unpaired) electrons. The Morgan fingerprint density at radius 3 is 2.41 bits per heavy atom. The number of carbonyl (C=O) groups excluding carboxylic acids is 2. The first-order valence-electron chi connectivity index (χ1n) is 9.54. The Hall–Kier alpha value is -3.35. The zero-order valence-corrected chi connectivity index (χ0v) is 16.3. The summed E-state index contributed by atoms with van der Waals surface area (Å²) >= 11 is 0. The second-order valence-electron chi connectivity index (χ2n) is 7.08. The Bertz CT molecular complexity index is 889. The highest BCUT2D eigenvalue weighted by molar-refractivity contribution is 5.95. The van der Waals surface area contributed by atoms with Gasteiger partial charge in [0.25, 0.3) is 5.91 Å². The van der Waals surface area contributed by atoms with Crippen molar-refractivity contribution in [3.05, 3.63) is 59.7 Å². The molecule has 7 heteroatoms. The molecule has 2 amide bonds. The molecular weight excluding hydrogens is 372 g/mol. The van der Waals surface area contributed by atoms with E-state index in [9.17, 15) is 14.4 Å². The standard InChI is InChI=1S/C22H24N2O5/c1-15-13-18(29-14-20(25)26)7-8-19(15)23-21(27)16-9-11-24(12-10-16)22(28)17-5-3-2-4-6-17/h2-8,13,16H,9-12,14H2,1H3,(H,23,27)(H,25,26). The van der Waals surface area contributed by atoms with Gasteiger partial charge in [-0.1, -0.05) is 18.2 Å². The van der Waals surface area contributed by atoms with Gasteiger partial charge in [0.15, 0.2) is 6.61 Å². The Labute approximate surface area is 169 Å². The quantitative estimate of drug-likeness (QED) is 0.783. The van der Waals surface area contributed by atoms with E-state index in [1.54, 1.807) is 35.2 Å². The van der Waals surface area contributed by atoms with Crippen molar-refractivity contribution in [1.29, 1.82) is 0 Å². The molecule has 7 nitrogen and oxygen atoms in total. The lowest BCUT2D eigenvalue weighted by Crippen LogP contribution is -2.41. The number of aryl methyl sites for hydroxylation is 1. The van der Waals surface area contributed by atoms with Crippen molar-refractivity contribution in [3.63, 3.8) is 0 Å². The van der Waals surface area contributed by atoms with Gasteiger partial charge in [-0.2, -0.15) is 0 Å². The SMILES string of the molecule is Cc1cc(OCC(=O)O)ccc1NC(=O)C1CCN(C(=O)c2ccccc2)CC1. The summed E-state index contributed by atoms with van der Waals surface area (Å²) in [4.78, 5) is 37.5. The van der Waals surface area contributed by atoms with Crippen molar-refractivity contribution in [2.75, 3.05) is 25.0 Å². The summed E-state index contributed by atoms with van der Waals surface area (Å²) in [5.74, 6) is -0.832. The Kier molecular flexibility index (Phi) is 6.49. The lowest BCUT2D eigenvalue weighted by atomic mass is 9.95. The third-order valence-electron chi connectivity index (χ3n) is 4.99. The topological polar surface area (TPSA) is 95.9 Å². The largest absolute Gasteiger partial charge is 0.482 e. The van der Waals surface area contributed by atoms with E-state index < -0.39 is 12.6 Å². The smallest absolute Gasteiger partial charge is 0.341 e. The molecule has 0 aromatic heterocycles. The maximum Gasteiger partial charge on any atom is 0.341 e. The molecule has 2 aromatic carbocycles. The molecule has 1 saturated heterocycles. The molecule has 0 saturated carbocycles. The van der Waals surface area contributed by atoms with Gasteiger partial charge in [0.1, 0.15) is 5.75 Å². The van der Waals surface area contributed by atoms with Crippen molar-refractivity contribution in [2.45, 2.75) is 19.8 Å². The van der Waals surface area contributed by atoms with Gasteiger partial charge in [-0.15, -0.1) is 0 Å². The van der Waals surface area contributed by atoms with Crippen LogP contribution in [-0.2, 0) is 9.59 Å². The van der Waals surface area contributed by atoms with Crippen LogP contribution in [-0.4, -0.2) is 47.5 Å². The number of anilines is 1. The highest BCUT2D eigenvalue weighted by atomic mass is 16.5. The maximum atomic E-state index is 12.6. The number of likely N-dealkylation sites (tertiary alicyclic amines) is 1. The van der Waals surface area contributed by atoms with Gasteiger partial charge >= 0.3 is 5.97 Å². The molecule has 0 aliphatic carbocycles. The second kappa shape index (κ2) is 9.23.